The number of benzene rings is 1. The fraction of sp³-hybridized carbons (Fsp3) is 0.560. The molecule has 0 radical (unpaired) electrons. The maximum Gasteiger partial charge on any atom is 0.338 e. The number of nitrogens with zero attached hydrogens (tertiary/aromatic N) is 3. The highest BCUT2D eigenvalue weighted by Crippen LogP contribution is 2.36. The number of para-hydroxylation sites is 1. The van der Waals surface area contributed by atoms with Gasteiger partial charge in [-0.15, -0.1) is 0 Å². The van der Waals surface area contributed by atoms with E-state index in [-0.39, 0.29) is 24.7 Å². The first-order chi connectivity index (χ1) is 16.9. The monoisotopic (exact) mass is 487 g/mol. The molecule has 192 valence electrons. The first-order valence-corrected chi connectivity index (χ1v) is 12.2. The molecule has 10 nitrogen and oxygen atoms in total. The van der Waals surface area contributed by atoms with E-state index in [9.17, 15) is 14.4 Å². The molecule has 2 N–H and O–H groups in total. The number of piperazine rings is 1. The number of hydrogen-bond donors (Lipinski definition) is 2. The van der Waals surface area contributed by atoms with E-state index in [4.69, 9.17) is 9.47 Å². The van der Waals surface area contributed by atoms with E-state index < -0.39 is 12.0 Å². The van der Waals surface area contributed by atoms with Crippen LogP contribution < -0.4 is 15.4 Å². The number of likely N-dealkylation sites (N-methyl/N-ethyl adjacent to an activating group) is 1. The molecule has 2 heterocycles. The van der Waals surface area contributed by atoms with Crippen LogP contribution in [0.3, 0.4) is 0 Å². The van der Waals surface area contributed by atoms with Gasteiger partial charge in [0, 0.05) is 56.6 Å². The molecule has 0 aromatic heterocycles. The predicted octanol–water partition coefficient (Wildman–Crippen LogP) is 2.33. The van der Waals surface area contributed by atoms with Gasteiger partial charge in [0.05, 0.1) is 25.3 Å². The molecule has 3 rings (SSSR count). The lowest BCUT2D eigenvalue weighted by molar-refractivity contribution is -0.139. The number of nitrogens with one attached hydrogen (secondary N) is 2. The number of urea groups is 2. The van der Waals surface area contributed by atoms with Crippen molar-refractivity contribution >= 4 is 18.0 Å². The standard InChI is InChI=1S/C25H37N5O5/c1-6-26-24(32)30-14-13-28(15-17(30)4)16-19-21(23(31)35-8-3)22(27-25(33)29(19)7-2)18-11-9-10-12-20(18)34-5/h9-12,17,22H,6-8,13-16H2,1-5H3,(H,26,32)(H,27,33)/t17-,22+/m0/s1. The van der Waals surface area contributed by atoms with Crippen LogP contribution in [0.15, 0.2) is 35.5 Å². The lowest BCUT2D eigenvalue weighted by atomic mass is 9.93. The molecule has 2 aliphatic rings. The van der Waals surface area contributed by atoms with E-state index in [2.05, 4.69) is 15.5 Å². The summed E-state index contributed by atoms with van der Waals surface area (Å²) in [6.45, 7) is 10.9. The number of methoxy groups -OCH3 is 1. The van der Waals surface area contributed by atoms with Crippen LogP contribution in [0, 0.1) is 0 Å². The van der Waals surface area contributed by atoms with Crippen LogP contribution in [0.1, 0.15) is 39.3 Å². The average Bonchev–Trinajstić information content (AvgIpc) is 2.84. The summed E-state index contributed by atoms with van der Waals surface area (Å²) in [6, 6.07) is 6.27. The van der Waals surface area contributed by atoms with Gasteiger partial charge < -0.3 is 25.0 Å². The average molecular weight is 488 g/mol. The van der Waals surface area contributed by atoms with Crippen LogP contribution in [-0.4, -0.2) is 91.8 Å². The summed E-state index contributed by atoms with van der Waals surface area (Å²) < 4.78 is 11.0. The summed E-state index contributed by atoms with van der Waals surface area (Å²) in [5.74, 6) is 0.110. The van der Waals surface area contributed by atoms with Crippen molar-refractivity contribution in [2.24, 2.45) is 0 Å². The first kappa shape index (κ1) is 26.3. The summed E-state index contributed by atoms with van der Waals surface area (Å²) in [5.41, 5.74) is 1.70. The van der Waals surface area contributed by atoms with Gasteiger partial charge in [0.15, 0.2) is 0 Å². The Morgan fingerprint density at radius 3 is 2.54 bits per heavy atom. The van der Waals surface area contributed by atoms with Gasteiger partial charge in [0.1, 0.15) is 5.75 Å². The Morgan fingerprint density at radius 1 is 1.17 bits per heavy atom. The minimum Gasteiger partial charge on any atom is -0.496 e. The molecule has 2 aliphatic heterocycles. The molecule has 4 amide bonds. The van der Waals surface area contributed by atoms with Gasteiger partial charge in [0.25, 0.3) is 0 Å². The molecule has 1 saturated heterocycles. The number of hydrogen-bond acceptors (Lipinski definition) is 6. The van der Waals surface area contributed by atoms with E-state index >= 15 is 0 Å². The zero-order valence-corrected chi connectivity index (χ0v) is 21.3. The van der Waals surface area contributed by atoms with Gasteiger partial charge in [0.2, 0.25) is 0 Å². The Labute approximate surface area is 207 Å². The fourth-order valence-corrected chi connectivity index (χ4v) is 4.74. The van der Waals surface area contributed by atoms with E-state index in [0.29, 0.717) is 61.9 Å². The summed E-state index contributed by atoms with van der Waals surface area (Å²) >= 11 is 0. The quantitative estimate of drug-likeness (QED) is 0.546. The van der Waals surface area contributed by atoms with Crippen LogP contribution in [0.4, 0.5) is 9.59 Å². The zero-order chi connectivity index (χ0) is 25.5. The Balaban J connectivity index is 2.00. The number of rotatable bonds is 8. The van der Waals surface area contributed by atoms with Crippen LogP contribution in [0.25, 0.3) is 0 Å². The van der Waals surface area contributed by atoms with E-state index in [1.807, 2.05) is 43.9 Å². The van der Waals surface area contributed by atoms with Crippen LogP contribution in [0.2, 0.25) is 0 Å². The molecule has 0 aliphatic carbocycles. The fourth-order valence-electron chi connectivity index (χ4n) is 4.74. The predicted molar refractivity (Wildman–Crippen MR) is 132 cm³/mol. The van der Waals surface area contributed by atoms with Crippen LogP contribution >= 0.6 is 0 Å². The third-order valence-electron chi connectivity index (χ3n) is 6.37. The second-order valence-corrected chi connectivity index (χ2v) is 8.56. The normalized spacial score (nSPS) is 21.0. The summed E-state index contributed by atoms with van der Waals surface area (Å²) in [7, 11) is 1.56. The van der Waals surface area contributed by atoms with Crippen molar-refractivity contribution in [3.63, 3.8) is 0 Å². The molecule has 10 heteroatoms. The minimum absolute atomic E-state index is 0.0144. The Hall–Kier alpha value is -3.27. The highest BCUT2D eigenvalue weighted by atomic mass is 16.5. The first-order valence-electron chi connectivity index (χ1n) is 12.2. The molecule has 2 atom stereocenters. The smallest absolute Gasteiger partial charge is 0.338 e. The molecule has 0 spiro atoms. The number of carbonyl (C=O) groups excluding carboxylic acids is 3. The lowest BCUT2D eigenvalue weighted by Gasteiger charge is -2.42. The maximum atomic E-state index is 13.3. The molecule has 0 unspecified atom stereocenters. The van der Waals surface area contributed by atoms with Crippen molar-refractivity contribution in [2.75, 3.05) is 53.0 Å². The van der Waals surface area contributed by atoms with E-state index in [0.717, 1.165) is 0 Å². The van der Waals surface area contributed by atoms with E-state index in [1.54, 1.807) is 25.0 Å². The van der Waals surface area contributed by atoms with Gasteiger partial charge >= 0.3 is 18.0 Å². The van der Waals surface area contributed by atoms with Gasteiger partial charge in [-0.25, -0.2) is 14.4 Å². The number of ether oxygens (including phenoxy) is 2. The van der Waals surface area contributed by atoms with Crippen molar-refractivity contribution in [1.82, 2.24) is 25.3 Å². The maximum absolute atomic E-state index is 13.3. The SMILES string of the molecule is CCNC(=O)N1CCN(CC2=C(C(=O)OCC)[C@@H](c3ccccc3OC)NC(=O)N2CC)C[C@@H]1C. The highest BCUT2D eigenvalue weighted by molar-refractivity contribution is 5.95. The topological polar surface area (TPSA) is 103 Å². The van der Waals surface area contributed by atoms with Gasteiger partial charge in [-0.3, -0.25) is 9.80 Å². The Morgan fingerprint density at radius 2 is 1.91 bits per heavy atom. The third kappa shape index (κ3) is 5.70. The highest BCUT2D eigenvalue weighted by Gasteiger charge is 2.40. The van der Waals surface area contributed by atoms with Gasteiger partial charge in [-0.05, 0) is 33.8 Å². The third-order valence-corrected chi connectivity index (χ3v) is 6.37. The van der Waals surface area contributed by atoms with Crippen molar-refractivity contribution in [3.8, 4) is 5.75 Å². The number of carbonyl (C=O) groups is 3. The Kier molecular flexibility index (Phi) is 8.97. The second-order valence-electron chi connectivity index (χ2n) is 8.56. The summed E-state index contributed by atoms with van der Waals surface area (Å²) in [5, 5.41) is 5.84. The van der Waals surface area contributed by atoms with Gasteiger partial charge in [-0.1, -0.05) is 18.2 Å². The van der Waals surface area contributed by atoms with E-state index in [1.165, 1.54) is 0 Å². The largest absolute Gasteiger partial charge is 0.496 e. The van der Waals surface area contributed by atoms with Crippen molar-refractivity contribution < 1.29 is 23.9 Å². The molecule has 1 aromatic carbocycles. The van der Waals surface area contributed by atoms with Crippen molar-refractivity contribution in [1.29, 1.82) is 0 Å². The molecule has 1 aromatic rings. The summed E-state index contributed by atoms with van der Waals surface area (Å²) in [4.78, 5) is 44.4. The lowest BCUT2D eigenvalue weighted by Crippen LogP contribution is -2.58. The number of esters is 1. The van der Waals surface area contributed by atoms with Gasteiger partial charge in [-0.2, -0.15) is 0 Å². The van der Waals surface area contributed by atoms with Crippen molar-refractivity contribution in [3.05, 3.63) is 41.1 Å². The minimum atomic E-state index is -0.704. The molecule has 1 fully saturated rings. The molecular formula is C25H37N5O5. The zero-order valence-electron chi connectivity index (χ0n) is 21.3. The van der Waals surface area contributed by atoms with Crippen LogP contribution in [-0.2, 0) is 9.53 Å². The summed E-state index contributed by atoms with van der Waals surface area (Å²) in [6.07, 6.45) is 0. The molecule has 0 saturated carbocycles. The second kappa shape index (κ2) is 11.9. The van der Waals surface area contributed by atoms with Crippen LogP contribution in [0.5, 0.6) is 5.75 Å². The number of amides is 4. The van der Waals surface area contributed by atoms with Crippen molar-refractivity contribution in [2.45, 2.75) is 39.8 Å². The molecule has 35 heavy (non-hydrogen) atoms. The molecular weight excluding hydrogens is 450 g/mol. The Bertz CT molecular complexity index is 965. The molecule has 0 bridgehead atoms.